The fourth-order valence-corrected chi connectivity index (χ4v) is 1.16. The summed E-state index contributed by atoms with van der Waals surface area (Å²) in [6.07, 6.45) is 0.908. The summed E-state index contributed by atoms with van der Waals surface area (Å²) < 4.78 is 0. The van der Waals surface area contributed by atoms with Crippen LogP contribution < -0.4 is 5.73 Å². The van der Waals surface area contributed by atoms with Gasteiger partial charge in [0.25, 0.3) is 0 Å². The SMILES string of the molecule is Cc1ccc(N)c(C(C)C=O)c1. The first-order valence-corrected chi connectivity index (χ1v) is 3.96. The van der Waals surface area contributed by atoms with Crippen molar-refractivity contribution in [3.63, 3.8) is 0 Å². The monoisotopic (exact) mass is 163 g/mol. The Morgan fingerprint density at radius 3 is 2.75 bits per heavy atom. The number of rotatable bonds is 2. The van der Waals surface area contributed by atoms with Crippen LogP contribution in [0.5, 0.6) is 0 Å². The van der Waals surface area contributed by atoms with Gasteiger partial charge in [0.1, 0.15) is 6.29 Å². The fraction of sp³-hybridized carbons (Fsp3) is 0.300. The van der Waals surface area contributed by atoms with E-state index in [1.807, 2.05) is 32.0 Å². The Labute approximate surface area is 72.4 Å². The molecule has 1 atom stereocenters. The van der Waals surface area contributed by atoms with Crippen molar-refractivity contribution in [1.82, 2.24) is 0 Å². The van der Waals surface area contributed by atoms with Crippen molar-refractivity contribution in [2.75, 3.05) is 5.73 Å². The highest BCUT2D eigenvalue weighted by Crippen LogP contribution is 2.21. The maximum absolute atomic E-state index is 10.5. The minimum Gasteiger partial charge on any atom is -0.398 e. The van der Waals surface area contributed by atoms with Gasteiger partial charge in [0.2, 0.25) is 0 Å². The number of aryl methyl sites for hydroxylation is 1. The molecule has 0 amide bonds. The summed E-state index contributed by atoms with van der Waals surface area (Å²) in [6.45, 7) is 3.83. The lowest BCUT2D eigenvalue weighted by Gasteiger charge is -2.08. The van der Waals surface area contributed by atoms with Crippen LogP contribution in [0, 0.1) is 6.92 Å². The number of hydrogen-bond acceptors (Lipinski definition) is 2. The number of aldehydes is 1. The minimum atomic E-state index is -0.107. The Morgan fingerprint density at radius 2 is 2.17 bits per heavy atom. The van der Waals surface area contributed by atoms with Crippen LogP contribution in [0.25, 0.3) is 0 Å². The van der Waals surface area contributed by atoms with E-state index in [2.05, 4.69) is 0 Å². The van der Waals surface area contributed by atoms with Gasteiger partial charge in [-0.25, -0.2) is 0 Å². The standard InChI is InChI=1S/C10H13NO/c1-7-3-4-10(11)9(5-7)8(2)6-12/h3-6,8H,11H2,1-2H3. The second-order valence-electron chi connectivity index (χ2n) is 3.06. The number of carbonyl (C=O) groups is 1. The van der Waals surface area contributed by atoms with Crippen molar-refractivity contribution in [1.29, 1.82) is 0 Å². The molecule has 2 N–H and O–H groups in total. The molecule has 1 aromatic rings. The summed E-state index contributed by atoms with van der Waals surface area (Å²) in [6, 6.07) is 5.73. The molecule has 0 radical (unpaired) electrons. The van der Waals surface area contributed by atoms with E-state index in [4.69, 9.17) is 5.73 Å². The van der Waals surface area contributed by atoms with Crippen LogP contribution in [0.3, 0.4) is 0 Å². The molecule has 0 aromatic heterocycles. The Balaban J connectivity index is 3.12. The van der Waals surface area contributed by atoms with Crippen molar-refractivity contribution < 1.29 is 4.79 Å². The summed E-state index contributed by atoms with van der Waals surface area (Å²) in [5, 5.41) is 0. The Morgan fingerprint density at radius 1 is 1.50 bits per heavy atom. The number of nitrogen functional groups attached to an aromatic ring is 1. The molecular formula is C10H13NO. The van der Waals surface area contributed by atoms with Crippen LogP contribution in [0.15, 0.2) is 18.2 Å². The van der Waals surface area contributed by atoms with Crippen LogP contribution in [0.2, 0.25) is 0 Å². The second kappa shape index (κ2) is 3.39. The number of carbonyl (C=O) groups excluding carboxylic acids is 1. The quantitative estimate of drug-likeness (QED) is 0.534. The van der Waals surface area contributed by atoms with Gasteiger partial charge in [-0.2, -0.15) is 0 Å². The third-order valence-corrected chi connectivity index (χ3v) is 1.94. The fourth-order valence-electron chi connectivity index (χ4n) is 1.16. The zero-order valence-corrected chi connectivity index (χ0v) is 7.37. The highest BCUT2D eigenvalue weighted by molar-refractivity contribution is 5.67. The van der Waals surface area contributed by atoms with Crippen molar-refractivity contribution in [3.8, 4) is 0 Å². The third kappa shape index (κ3) is 1.64. The molecule has 2 heteroatoms. The van der Waals surface area contributed by atoms with Gasteiger partial charge in [-0.05, 0) is 18.6 Å². The molecule has 0 aliphatic carbocycles. The van der Waals surface area contributed by atoms with E-state index in [1.54, 1.807) is 0 Å². The molecule has 0 bridgehead atoms. The summed E-state index contributed by atoms with van der Waals surface area (Å²) in [5.74, 6) is -0.107. The molecule has 0 heterocycles. The molecular weight excluding hydrogens is 150 g/mol. The van der Waals surface area contributed by atoms with Crippen LogP contribution in [-0.4, -0.2) is 6.29 Å². The predicted molar refractivity (Wildman–Crippen MR) is 50.1 cm³/mol. The Kier molecular flexibility index (Phi) is 2.48. The predicted octanol–water partition coefficient (Wildman–Crippen LogP) is 1.88. The number of benzene rings is 1. The second-order valence-corrected chi connectivity index (χ2v) is 3.06. The van der Waals surface area contributed by atoms with Gasteiger partial charge >= 0.3 is 0 Å². The van der Waals surface area contributed by atoms with E-state index in [0.717, 1.165) is 17.4 Å². The highest BCUT2D eigenvalue weighted by atomic mass is 16.1. The van der Waals surface area contributed by atoms with E-state index >= 15 is 0 Å². The zero-order valence-electron chi connectivity index (χ0n) is 7.37. The summed E-state index contributed by atoms with van der Waals surface area (Å²) in [4.78, 5) is 10.5. The molecule has 0 saturated carbocycles. The van der Waals surface area contributed by atoms with Crippen molar-refractivity contribution >= 4 is 12.0 Å². The number of anilines is 1. The van der Waals surface area contributed by atoms with Crippen molar-refractivity contribution in [2.45, 2.75) is 19.8 Å². The molecule has 0 aliphatic heterocycles. The van der Waals surface area contributed by atoms with Gasteiger partial charge in [-0.1, -0.05) is 24.6 Å². The van der Waals surface area contributed by atoms with Gasteiger partial charge in [-0.15, -0.1) is 0 Å². The first kappa shape index (κ1) is 8.78. The summed E-state index contributed by atoms with van der Waals surface area (Å²) in [7, 11) is 0. The minimum absolute atomic E-state index is 0.107. The Bertz CT molecular complexity index is 294. The van der Waals surface area contributed by atoms with Gasteiger partial charge in [0.05, 0.1) is 0 Å². The van der Waals surface area contributed by atoms with Crippen LogP contribution >= 0.6 is 0 Å². The zero-order chi connectivity index (χ0) is 9.14. The lowest BCUT2D eigenvalue weighted by molar-refractivity contribution is -0.108. The van der Waals surface area contributed by atoms with Gasteiger partial charge in [0, 0.05) is 11.6 Å². The number of nitrogens with two attached hydrogens (primary N) is 1. The van der Waals surface area contributed by atoms with E-state index < -0.39 is 0 Å². The molecule has 2 nitrogen and oxygen atoms in total. The molecule has 0 spiro atoms. The largest absolute Gasteiger partial charge is 0.398 e. The first-order chi connectivity index (χ1) is 5.65. The van der Waals surface area contributed by atoms with Gasteiger partial charge in [-0.3, -0.25) is 0 Å². The first-order valence-electron chi connectivity index (χ1n) is 3.96. The molecule has 12 heavy (non-hydrogen) atoms. The molecule has 0 aliphatic rings. The normalized spacial score (nSPS) is 12.5. The van der Waals surface area contributed by atoms with Gasteiger partial charge < -0.3 is 10.5 Å². The number of hydrogen-bond donors (Lipinski definition) is 1. The Hall–Kier alpha value is -1.31. The van der Waals surface area contributed by atoms with E-state index in [1.165, 1.54) is 0 Å². The van der Waals surface area contributed by atoms with E-state index in [0.29, 0.717) is 5.69 Å². The molecule has 64 valence electrons. The topological polar surface area (TPSA) is 43.1 Å². The lowest BCUT2D eigenvalue weighted by atomic mass is 9.99. The molecule has 0 fully saturated rings. The van der Waals surface area contributed by atoms with E-state index in [9.17, 15) is 4.79 Å². The summed E-state index contributed by atoms with van der Waals surface area (Å²) >= 11 is 0. The van der Waals surface area contributed by atoms with Crippen LogP contribution in [-0.2, 0) is 4.79 Å². The molecule has 1 rings (SSSR count). The lowest BCUT2D eigenvalue weighted by Crippen LogP contribution is -2.00. The van der Waals surface area contributed by atoms with Crippen LogP contribution in [0.4, 0.5) is 5.69 Å². The molecule has 1 aromatic carbocycles. The maximum Gasteiger partial charge on any atom is 0.127 e. The average molecular weight is 163 g/mol. The molecule has 1 unspecified atom stereocenters. The van der Waals surface area contributed by atoms with Crippen molar-refractivity contribution in [2.24, 2.45) is 0 Å². The molecule has 0 saturated heterocycles. The maximum atomic E-state index is 10.5. The average Bonchev–Trinajstić information content (AvgIpc) is 2.08. The summed E-state index contributed by atoms with van der Waals surface area (Å²) in [5.41, 5.74) is 8.46. The van der Waals surface area contributed by atoms with Gasteiger partial charge in [0.15, 0.2) is 0 Å². The van der Waals surface area contributed by atoms with E-state index in [-0.39, 0.29) is 5.92 Å². The van der Waals surface area contributed by atoms with Crippen LogP contribution in [0.1, 0.15) is 24.0 Å². The highest BCUT2D eigenvalue weighted by Gasteiger charge is 2.06. The smallest absolute Gasteiger partial charge is 0.127 e. The third-order valence-electron chi connectivity index (χ3n) is 1.94. The van der Waals surface area contributed by atoms with Crippen molar-refractivity contribution in [3.05, 3.63) is 29.3 Å².